The van der Waals surface area contributed by atoms with Gasteiger partial charge in [-0.05, 0) is 18.1 Å². The van der Waals surface area contributed by atoms with Gasteiger partial charge in [0.1, 0.15) is 5.82 Å². The second-order valence-corrected chi connectivity index (χ2v) is 5.42. The van der Waals surface area contributed by atoms with Gasteiger partial charge in [0.2, 0.25) is 0 Å². The number of hydrogen-bond acceptors (Lipinski definition) is 2. The van der Waals surface area contributed by atoms with E-state index in [9.17, 15) is 9.18 Å². The Balaban J connectivity index is 2.92. The van der Waals surface area contributed by atoms with Gasteiger partial charge in [-0.15, -0.1) is 0 Å². The van der Waals surface area contributed by atoms with E-state index in [1.165, 1.54) is 11.0 Å². The molecule has 1 aromatic rings. The van der Waals surface area contributed by atoms with Crippen molar-refractivity contribution in [2.45, 2.75) is 19.9 Å². The summed E-state index contributed by atoms with van der Waals surface area (Å²) in [5.74, 6) is -0.432. The standard InChI is InChI=1S/C14H20ClFN2O2/c1-9(2)13(17-14(20)18(3)6-7-19)11-5-4-10(15)8-12(11)16/h4-5,8-9,13,19H,6-7H2,1-3H3,(H,17,20). The number of benzene rings is 1. The number of amides is 2. The van der Waals surface area contributed by atoms with E-state index in [0.717, 1.165) is 0 Å². The van der Waals surface area contributed by atoms with Crippen LogP contribution in [0.5, 0.6) is 0 Å². The van der Waals surface area contributed by atoms with Gasteiger partial charge in [-0.25, -0.2) is 9.18 Å². The Kier molecular flexibility index (Phi) is 6.23. The third-order valence-electron chi connectivity index (χ3n) is 3.03. The quantitative estimate of drug-likeness (QED) is 0.879. The van der Waals surface area contributed by atoms with Gasteiger partial charge in [-0.3, -0.25) is 0 Å². The van der Waals surface area contributed by atoms with Crippen LogP contribution in [0.15, 0.2) is 18.2 Å². The van der Waals surface area contributed by atoms with Crippen molar-refractivity contribution in [3.63, 3.8) is 0 Å². The number of carbonyl (C=O) groups is 1. The summed E-state index contributed by atoms with van der Waals surface area (Å²) in [6.07, 6.45) is 0. The number of likely N-dealkylation sites (N-methyl/N-ethyl adjacent to an activating group) is 1. The Morgan fingerprint density at radius 1 is 1.50 bits per heavy atom. The highest BCUT2D eigenvalue weighted by molar-refractivity contribution is 6.30. The number of aliphatic hydroxyl groups is 1. The van der Waals surface area contributed by atoms with Gasteiger partial charge in [0.15, 0.2) is 0 Å². The molecule has 0 heterocycles. The van der Waals surface area contributed by atoms with Crippen molar-refractivity contribution in [3.05, 3.63) is 34.6 Å². The minimum Gasteiger partial charge on any atom is -0.395 e. The molecule has 6 heteroatoms. The number of halogens is 2. The largest absolute Gasteiger partial charge is 0.395 e. The molecule has 1 rings (SSSR count). The van der Waals surface area contributed by atoms with E-state index in [-0.39, 0.29) is 25.1 Å². The van der Waals surface area contributed by atoms with Crippen LogP contribution in [0.2, 0.25) is 5.02 Å². The predicted molar refractivity (Wildman–Crippen MR) is 77.2 cm³/mol. The summed E-state index contributed by atoms with van der Waals surface area (Å²) >= 11 is 5.74. The Labute approximate surface area is 123 Å². The van der Waals surface area contributed by atoms with Crippen LogP contribution in [0.4, 0.5) is 9.18 Å². The molecule has 4 nitrogen and oxygen atoms in total. The molecular formula is C14H20ClFN2O2. The van der Waals surface area contributed by atoms with Gasteiger partial charge in [0.25, 0.3) is 0 Å². The van der Waals surface area contributed by atoms with E-state index < -0.39 is 11.9 Å². The summed E-state index contributed by atoms with van der Waals surface area (Å²) in [6.45, 7) is 3.89. The average Bonchev–Trinajstić information content (AvgIpc) is 2.36. The molecule has 2 N–H and O–H groups in total. The molecule has 1 atom stereocenters. The SMILES string of the molecule is CC(C)C(NC(=O)N(C)CCO)c1ccc(Cl)cc1F. The summed E-state index contributed by atoms with van der Waals surface area (Å²) in [5.41, 5.74) is 0.398. The zero-order valence-corrected chi connectivity index (χ0v) is 12.6. The molecular weight excluding hydrogens is 283 g/mol. The number of nitrogens with one attached hydrogen (secondary N) is 1. The monoisotopic (exact) mass is 302 g/mol. The van der Waals surface area contributed by atoms with Crippen molar-refractivity contribution in [2.24, 2.45) is 5.92 Å². The molecule has 0 fully saturated rings. The van der Waals surface area contributed by atoms with Crippen LogP contribution >= 0.6 is 11.6 Å². The highest BCUT2D eigenvalue weighted by atomic mass is 35.5. The van der Waals surface area contributed by atoms with Gasteiger partial charge in [0, 0.05) is 24.2 Å². The van der Waals surface area contributed by atoms with Crippen LogP contribution in [0, 0.1) is 11.7 Å². The van der Waals surface area contributed by atoms with Crippen molar-refractivity contribution >= 4 is 17.6 Å². The van der Waals surface area contributed by atoms with Crippen LogP contribution in [0.25, 0.3) is 0 Å². The van der Waals surface area contributed by atoms with Gasteiger partial charge < -0.3 is 15.3 Å². The zero-order valence-electron chi connectivity index (χ0n) is 11.9. The van der Waals surface area contributed by atoms with E-state index in [0.29, 0.717) is 10.6 Å². The van der Waals surface area contributed by atoms with Crippen LogP contribution < -0.4 is 5.32 Å². The molecule has 0 saturated carbocycles. The summed E-state index contributed by atoms with van der Waals surface area (Å²) < 4.78 is 14.0. The van der Waals surface area contributed by atoms with Crippen molar-refractivity contribution in [1.29, 1.82) is 0 Å². The maximum atomic E-state index is 14.0. The molecule has 0 aliphatic carbocycles. The molecule has 1 unspecified atom stereocenters. The lowest BCUT2D eigenvalue weighted by Crippen LogP contribution is -2.42. The molecule has 0 saturated heterocycles. The van der Waals surface area contributed by atoms with Gasteiger partial charge in [0.05, 0.1) is 12.6 Å². The van der Waals surface area contributed by atoms with Crippen molar-refractivity contribution in [3.8, 4) is 0 Å². The topological polar surface area (TPSA) is 52.6 Å². The lowest BCUT2D eigenvalue weighted by molar-refractivity contribution is 0.184. The van der Waals surface area contributed by atoms with Gasteiger partial charge in [-0.1, -0.05) is 31.5 Å². The second kappa shape index (κ2) is 7.45. The number of urea groups is 1. The Hall–Kier alpha value is -1.33. The molecule has 0 spiro atoms. The summed E-state index contributed by atoms with van der Waals surface area (Å²) in [5, 5.41) is 11.9. The fourth-order valence-electron chi connectivity index (χ4n) is 1.85. The number of aliphatic hydroxyl groups excluding tert-OH is 1. The Morgan fingerprint density at radius 3 is 2.65 bits per heavy atom. The molecule has 0 aromatic heterocycles. The maximum absolute atomic E-state index is 14.0. The maximum Gasteiger partial charge on any atom is 0.317 e. The third kappa shape index (κ3) is 4.35. The van der Waals surface area contributed by atoms with E-state index in [2.05, 4.69) is 5.32 Å². The lowest BCUT2D eigenvalue weighted by atomic mass is 9.95. The van der Waals surface area contributed by atoms with Gasteiger partial charge in [-0.2, -0.15) is 0 Å². The molecule has 0 aliphatic heterocycles. The van der Waals surface area contributed by atoms with E-state index >= 15 is 0 Å². The smallest absolute Gasteiger partial charge is 0.317 e. The molecule has 20 heavy (non-hydrogen) atoms. The highest BCUT2D eigenvalue weighted by Crippen LogP contribution is 2.26. The van der Waals surface area contributed by atoms with E-state index in [1.54, 1.807) is 19.2 Å². The number of rotatable bonds is 5. The fraction of sp³-hybridized carbons (Fsp3) is 0.500. The Bertz CT molecular complexity index is 468. The lowest BCUT2D eigenvalue weighted by Gasteiger charge is -2.26. The number of nitrogens with zero attached hydrogens (tertiary/aromatic N) is 1. The summed E-state index contributed by atoms with van der Waals surface area (Å²) in [7, 11) is 1.57. The fourth-order valence-corrected chi connectivity index (χ4v) is 2.01. The van der Waals surface area contributed by atoms with Gasteiger partial charge >= 0.3 is 6.03 Å². The Morgan fingerprint density at radius 2 is 2.15 bits per heavy atom. The van der Waals surface area contributed by atoms with Crippen molar-refractivity contribution < 1.29 is 14.3 Å². The second-order valence-electron chi connectivity index (χ2n) is 4.98. The van der Waals surface area contributed by atoms with E-state index in [1.807, 2.05) is 13.8 Å². The first kappa shape index (κ1) is 16.7. The average molecular weight is 303 g/mol. The predicted octanol–water partition coefficient (Wildman–Crippen LogP) is 2.81. The molecule has 1 aromatic carbocycles. The van der Waals surface area contributed by atoms with Crippen LogP contribution in [-0.4, -0.2) is 36.2 Å². The molecule has 0 aliphatic rings. The first-order chi connectivity index (χ1) is 9.36. The minimum absolute atomic E-state index is 0.0113. The first-order valence-electron chi connectivity index (χ1n) is 6.44. The number of carbonyl (C=O) groups excluding carboxylic acids is 1. The molecule has 0 bridgehead atoms. The first-order valence-corrected chi connectivity index (χ1v) is 6.82. The normalized spacial score (nSPS) is 12.3. The zero-order chi connectivity index (χ0) is 15.3. The van der Waals surface area contributed by atoms with Crippen LogP contribution in [-0.2, 0) is 0 Å². The van der Waals surface area contributed by atoms with E-state index in [4.69, 9.17) is 16.7 Å². The minimum atomic E-state index is -0.457. The molecule has 0 radical (unpaired) electrons. The summed E-state index contributed by atoms with van der Waals surface area (Å²) in [6, 6.07) is 3.59. The van der Waals surface area contributed by atoms with Crippen molar-refractivity contribution in [2.75, 3.05) is 20.2 Å². The van der Waals surface area contributed by atoms with Crippen molar-refractivity contribution in [1.82, 2.24) is 10.2 Å². The molecule has 2 amide bonds. The van der Waals surface area contributed by atoms with Crippen LogP contribution in [0.1, 0.15) is 25.5 Å². The molecule has 112 valence electrons. The van der Waals surface area contributed by atoms with Crippen LogP contribution in [0.3, 0.4) is 0 Å². The summed E-state index contributed by atoms with van der Waals surface area (Å²) in [4.78, 5) is 13.3. The third-order valence-corrected chi connectivity index (χ3v) is 3.26. The number of hydrogen-bond donors (Lipinski definition) is 2. The highest BCUT2D eigenvalue weighted by Gasteiger charge is 2.23.